The first-order valence-electron chi connectivity index (χ1n) is 6.82. The monoisotopic (exact) mass is 288 g/mol. The Hall–Kier alpha value is -2.18. The summed E-state index contributed by atoms with van der Waals surface area (Å²) in [6.45, 7) is 3.27. The first-order valence-corrected chi connectivity index (χ1v) is 6.82. The Morgan fingerprint density at radius 3 is 2.62 bits per heavy atom. The van der Waals surface area contributed by atoms with Crippen LogP contribution in [0, 0.1) is 0 Å². The molecule has 1 aliphatic heterocycles. The number of oxazole rings is 1. The highest BCUT2D eigenvalue weighted by Crippen LogP contribution is 2.23. The summed E-state index contributed by atoms with van der Waals surface area (Å²) >= 11 is 0. The fraction of sp³-hybridized carbons (Fsp3) is 0.333. The summed E-state index contributed by atoms with van der Waals surface area (Å²) in [5.74, 6) is -0.330. The molecule has 6 heteroatoms. The average molecular weight is 288 g/mol. The van der Waals surface area contributed by atoms with Gasteiger partial charge in [-0.3, -0.25) is 4.90 Å². The Morgan fingerprint density at radius 1 is 1.24 bits per heavy atom. The van der Waals surface area contributed by atoms with E-state index in [1.165, 1.54) is 0 Å². The highest BCUT2D eigenvalue weighted by Gasteiger charge is 2.23. The van der Waals surface area contributed by atoms with E-state index in [0.717, 1.165) is 18.7 Å². The van der Waals surface area contributed by atoms with Gasteiger partial charge in [0.25, 0.3) is 0 Å². The van der Waals surface area contributed by atoms with E-state index < -0.39 is 5.97 Å². The summed E-state index contributed by atoms with van der Waals surface area (Å²) in [6, 6.07) is 9.30. The second kappa shape index (κ2) is 6.07. The smallest absolute Gasteiger partial charge is 0.358 e. The number of carbonyl (C=O) groups is 1. The molecule has 2 aromatic rings. The highest BCUT2D eigenvalue weighted by molar-refractivity contribution is 5.87. The lowest BCUT2D eigenvalue weighted by molar-refractivity contribution is 0.0311. The minimum absolute atomic E-state index is 0.0136. The van der Waals surface area contributed by atoms with E-state index in [4.69, 9.17) is 9.15 Å². The van der Waals surface area contributed by atoms with E-state index in [-0.39, 0.29) is 5.69 Å². The minimum atomic E-state index is -1.07. The molecular formula is C15H16N2O4. The van der Waals surface area contributed by atoms with E-state index in [9.17, 15) is 9.90 Å². The number of benzene rings is 1. The van der Waals surface area contributed by atoms with Crippen LogP contribution >= 0.6 is 0 Å². The van der Waals surface area contributed by atoms with E-state index in [1.54, 1.807) is 0 Å². The van der Waals surface area contributed by atoms with Gasteiger partial charge in [-0.25, -0.2) is 9.78 Å². The van der Waals surface area contributed by atoms with Crippen LogP contribution < -0.4 is 0 Å². The number of rotatable bonds is 4. The number of aromatic nitrogens is 1. The van der Waals surface area contributed by atoms with Crippen molar-refractivity contribution in [2.24, 2.45) is 0 Å². The van der Waals surface area contributed by atoms with Crippen LogP contribution in [-0.2, 0) is 11.3 Å². The third-order valence-corrected chi connectivity index (χ3v) is 3.39. The van der Waals surface area contributed by atoms with Crippen molar-refractivity contribution >= 4 is 5.97 Å². The molecule has 1 aliphatic rings. The van der Waals surface area contributed by atoms with Crippen LogP contribution in [0.3, 0.4) is 0 Å². The summed E-state index contributed by atoms with van der Waals surface area (Å²) in [5.41, 5.74) is 0.758. The van der Waals surface area contributed by atoms with Crippen molar-refractivity contribution in [3.05, 3.63) is 41.8 Å². The zero-order valence-electron chi connectivity index (χ0n) is 11.5. The molecule has 1 aromatic heterocycles. The Morgan fingerprint density at radius 2 is 1.95 bits per heavy atom. The number of carboxylic acid groups (broad SMARTS) is 1. The quantitative estimate of drug-likeness (QED) is 0.925. The molecular weight excluding hydrogens is 272 g/mol. The number of morpholine rings is 1. The minimum Gasteiger partial charge on any atom is -0.476 e. The third-order valence-electron chi connectivity index (χ3n) is 3.39. The van der Waals surface area contributed by atoms with E-state index in [2.05, 4.69) is 9.88 Å². The molecule has 0 bridgehead atoms. The van der Waals surface area contributed by atoms with Gasteiger partial charge in [-0.2, -0.15) is 0 Å². The number of nitrogens with zero attached hydrogens (tertiary/aromatic N) is 2. The van der Waals surface area contributed by atoms with Crippen LogP contribution in [0.2, 0.25) is 0 Å². The third kappa shape index (κ3) is 3.12. The second-order valence-corrected chi connectivity index (χ2v) is 4.85. The zero-order valence-corrected chi connectivity index (χ0v) is 11.5. The van der Waals surface area contributed by atoms with Crippen LogP contribution in [-0.4, -0.2) is 47.3 Å². The van der Waals surface area contributed by atoms with Crippen LogP contribution in [0.25, 0.3) is 11.5 Å². The second-order valence-electron chi connectivity index (χ2n) is 4.85. The van der Waals surface area contributed by atoms with Crippen molar-refractivity contribution in [3.63, 3.8) is 0 Å². The Bertz CT molecular complexity index is 618. The van der Waals surface area contributed by atoms with Gasteiger partial charge in [-0.1, -0.05) is 18.2 Å². The SMILES string of the molecule is O=C(O)c1nc(-c2ccccc2)oc1CN1CCOCC1. The van der Waals surface area contributed by atoms with Gasteiger partial charge < -0.3 is 14.3 Å². The molecule has 110 valence electrons. The van der Waals surface area contributed by atoms with Gasteiger partial charge in [0.05, 0.1) is 19.8 Å². The van der Waals surface area contributed by atoms with E-state index in [1.807, 2.05) is 30.3 Å². The van der Waals surface area contributed by atoms with Gasteiger partial charge >= 0.3 is 5.97 Å². The van der Waals surface area contributed by atoms with Gasteiger partial charge in [-0.05, 0) is 12.1 Å². The number of hydrogen-bond donors (Lipinski definition) is 1. The molecule has 1 N–H and O–H groups in total. The first kappa shape index (κ1) is 13.8. The predicted molar refractivity (Wildman–Crippen MR) is 75.0 cm³/mol. The summed E-state index contributed by atoms with van der Waals surface area (Å²) in [4.78, 5) is 17.6. The fourth-order valence-electron chi connectivity index (χ4n) is 2.29. The van der Waals surface area contributed by atoms with E-state index in [0.29, 0.717) is 31.4 Å². The lowest BCUT2D eigenvalue weighted by Crippen LogP contribution is -2.35. The molecule has 0 atom stereocenters. The Labute approximate surface area is 122 Å². The molecule has 1 fully saturated rings. The van der Waals surface area contributed by atoms with Crippen LogP contribution in [0.5, 0.6) is 0 Å². The molecule has 0 spiro atoms. The zero-order chi connectivity index (χ0) is 14.7. The molecule has 3 rings (SSSR count). The molecule has 0 aliphatic carbocycles. The molecule has 0 unspecified atom stereocenters. The van der Waals surface area contributed by atoms with Crippen LogP contribution in [0.1, 0.15) is 16.2 Å². The van der Waals surface area contributed by atoms with Crippen LogP contribution in [0.15, 0.2) is 34.7 Å². The molecule has 21 heavy (non-hydrogen) atoms. The molecule has 1 aromatic carbocycles. The van der Waals surface area contributed by atoms with Gasteiger partial charge in [0, 0.05) is 18.7 Å². The molecule has 0 saturated carbocycles. The van der Waals surface area contributed by atoms with Crippen molar-refractivity contribution in [2.45, 2.75) is 6.54 Å². The van der Waals surface area contributed by atoms with Gasteiger partial charge in [0.15, 0.2) is 11.5 Å². The summed E-state index contributed by atoms with van der Waals surface area (Å²) < 4.78 is 11.0. The molecule has 0 amide bonds. The van der Waals surface area contributed by atoms with Gasteiger partial charge in [-0.15, -0.1) is 0 Å². The fourth-order valence-corrected chi connectivity index (χ4v) is 2.29. The van der Waals surface area contributed by atoms with Crippen molar-refractivity contribution in [1.29, 1.82) is 0 Å². The lowest BCUT2D eigenvalue weighted by Gasteiger charge is -2.25. The molecule has 2 heterocycles. The molecule has 6 nitrogen and oxygen atoms in total. The van der Waals surface area contributed by atoms with Gasteiger partial charge in [0.2, 0.25) is 5.89 Å². The number of ether oxygens (including phenoxy) is 1. The number of hydrogen-bond acceptors (Lipinski definition) is 5. The van der Waals surface area contributed by atoms with Crippen molar-refractivity contribution in [1.82, 2.24) is 9.88 Å². The first-order chi connectivity index (χ1) is 10.2. The summed E-state index contributed by atoms with van der Waals surface area (Å²) in [7, 11) is 0. The maximum atomic E-state index is 11.3. The number of carboxylic acids is 1. The Balaban J connectivity index is 1.88. The Kier molecular flexibility index (Phi) is 3.98. The maximum Gasteiger partial charge on any atom is 0.358 e. The van der Waals surface area contributed by atoms with Crippen molar-refractivity contribution in [3.8, 4) is 11.5 Å². The normalized spacial score (nSPS) is 16.0. The predicted octanol–water partition coefficient (Wildman–Crippen LogP) is 1.87. The summed E-state index contributed by atoms with van der Waals surface area (Å²) in [6.07, 6.45) is 0. The molecule has 0 radical (unpaired) electrons. The number of aromatic carboxylic acids is 1. The van der Waals surface area contributed by atoms with Gasteiger partial charge in [0.1, 0.15) is 0 Å². The standard InChI is InChI=1S/C15H16N2O4/c18-15(19)13-12(10-17-6-8-20-9-7-17)21-14(16-13)11-4-2-1-3-5-11/h1-5H,6-10H2,(H,18,19). The average Bonchev–Trinajstić information content (AvgIpc) is 2.93. The summed E-state index contributed by atoms with van der Waals surface area (Å²) in [5, 5.41) is 9.29. The van der Waals surface area contributed by atoms with Crippen molar-refractivity contribution in [2.75, 3.05) is 26.3 Å². The lowest BCUT2D eigenvalue weighted by atomic mass is 10.2. The highest BCUT2D eigenvalue weighted by atomic mass is 16.5. The van der Waals surface area contributed by atoms with E-state index >= 15 is 0 Å². The molecule has 1 saturated heterocycles. The van der Waals surface area contributed by atoms with Crippen molar-refractivity contribution < 1.29 is 19.1 Å². The maximum absolute atomic E-state index is 11.3. The topological polar surface area (TPSA) is 75.8 Å². The van der Waals surface area contributed by atoms with Crippen LogP contribution in [0.4, 0.5) is 0 Å². The largest absolute Gasteiger partial charge is 0.476 e.